The van der Waals surface area contributed by atoms with Gasteiger partial charge < -0.3 is 0 Å². The normalized spacial score (nSPS) is 15.4. The highest BCUT2D eigenvalue weighted by atomic mass is 35.5. The zero-order valence-corrected chi connectivity index (χ0v) is 16.3. The van der Waals surface area contributed by atoms with Crippen LogP contribution in [-0.2, 0) is 17.6 Å². The molecule has 2 aromatic rings. The molecule has 0 radical (unpaired) electrons. The monoisotopic (exact) mass is 376 g/mol. The molecule has 0 saturated heterocycles. The molecule has 1 aliphatic carbocycles. The third-order valence-corrected chi connectivity index (χ3v) is 5.81. The Kier molecular flexibility index (Phi) is 6.13. The van der Waals surface area contributed by atoms with E-state index in [2.05, 4.69) is 11.6 Å². The quantitative estimate of drug-likeness (QED) is 0.663. The van der Waals surface area contributed by atoms with Crippen molar-refractivity contribution in [2.75, 3.05) is 0 Å². The minimum absolute atomic E-state index is 0.166. The molecule has 0 amide bonds. The van der Waals surface area contributed by atoms with Crippen molar-refractivity contribution >= 4 is 17.4 Å². The van der Waals surface area contributed by atoms with E-state index in [9.17, 15) is 9.18 Å². The molecule has 1 aromatic heterocycles. The lowest BCUT2D eigenvalue weighted by Crippen LogP contribution is -2.16. The second kappa shape index (κ2) is 8.34. The lowest BCUT2D eigenvalue weighted by Gasteiger charge is -2.23. The Morgan fingerprint density at radius 3 is 2.69 bits per heavy atom. The van der Waals surface area contributed by atoms with Crippen molar-refractivity contribution in [2.45, 2.75) is 71.3 Å². The second-order valence-corrected chi connectivity index (χ2v) is 7.74. The molecule has 3 rings (SSSR count). The van der Waals surface area contributed by atoms with E-state index in [0.29, 0.717) is 30.3 Å². The van der Waals surface area contributed by atoms with E-state index in [1.165, 1.54) is 44.2 Å². The van der Waals surface area contributed by atoms with E-state index < -0.39 is 0 Å². The number of carbonyl (C=O) groups is 1. The van der Waals surface area contributed by atoms with Crippen molar-refractivity contribution in [3.05, 3.63) is 51.6 Å². The summed E-state index contributed by atoms with van der Waals surface area (Å²) in [5, 5.41) is 5.12. The van der Waals surface area contributed by atoms with Crippen molar-refractivity contribution in [2.24, 2.45) is 0 Å². The average molecular weight is 377 g/mol. The van der Waals surface area contributed by atoms with Crippen molar-refractivity contribution < 1.29 is 9.18 Å². The summed E-state index contributed by atoms with van der Waals surface area (Å²) >= 11 is 6.05. The first kappa shape index (κ1) is 19.1. The maximum absolute atomic E-state index is 13.1. The van der Waals surface area contributed by atoms with Gasteiger partial charge in [-0.2, -0.15) is 5.10 Å². The van der Waals surface area contributed by atoms with Gasteiger partial charge in [0.15, 0.2) is 0 Å². The third kappa shape index (κ3) is 4.35. The molecule has 1 heterocycles. The van der Waals surface area contributed by atoms with E-state index in [0.717, 1.165) is 22.5 Å². The van der Waals surface area contributed by atoms with E-state index in [1.54, 1.807) is 6.07 Å². The molecule has 0 atom stereocenters. The first-order chi connectivity index (χ1) is 12.5. The summed E-state index contributed by atoms with van der Waals surface area (Å²) in [5.74, 6) is -0.189. The number of hydrogen-bond donors (Lipinski definition) is 0. The van der Waals surface area contributed by atoms with Gasteiger partial charge in [-0.25, -0.2) is 4.39 Å². The van der Waals surface area contributed by atoms with Crippen LogP contribution in [0.2, 0.25) is 5.02 Å². The molecule has 1 fully saturated rings. The fourth-order valence-electron chi connectivity index (χ4n) is 3.92. The van der Waals surface area contributed by atoms with Gasteiger partial charge >= 0.3 is 0 Å². The topological polar surface area (TPSA) is 34.9 Å². The number of nitrogens with zero attached hydrogens (tertiary/aromatic N) is 2. The van der Waals surface area contributed by atoms with Crippen molar-refractivity contribution in [1.82, 2.24) is 9.78 Å². The van der Waals surface area contributed by atoms with Crippen LogP contribution in [0, 0.1) is 19.7 Å². The first-order valence-corrected chi connectivity index (χ1v) is 9.83. The summed E-state index contributed by atoms with van der Waals surface area (Å²) in [6, 6.07) is 4.81. The molecule has 1 aromatic carbocycles. The van der Waals surface area contributed by atoms with E-state index in [1.807, 2.05) is 6.92 Å². The number of ketones is 1. The summed E-state index contributed by atoms with van der Waals surface area (Å²) < 4.78 is 15.3. The highest BCUT2D eigenvalue weighted by molar-refractivity contribution is 6.31. The fourth-order valence-corrected chi connectivity index (χ4v) is 4.18. The lowest BCUT2D eigenvalue weighted by atomic mass is 9.95. The number of halogens is 2. The Morgan fingerprint density at radius 1 is 1.27 bits per heavy atom. The Hall–Kier alpha value is -1.68. The van der Waals surface area contributed by atoms with Gasteiger partial charge in [0.1, 0.15) is 11.6 Å². The van der Waals surface area contributed by atoms with Gasteiger partial charge in [-0.15, -0.1) is 0 Å². The molecule has 140 valence electrons. The standard InChI is InChI=1S/C21H26ClFN2O/c1-14-20(15(2)25(24-14)18-6-4-3-5-7-18)13-19(26)11-9-16-8-10-17(23)12-21(16)22/h8,10,12,18H,3-7,9,11,13H2,1-2H3. The summed E-state index contributed by atoms with van der Waals surface area (Å²) in [7, 11) is 0. The van der Waals surface area contributed by atoms with Gasteiger partial charge in [0.25, 0.3) is 0 Å². The van der Waals surface area contributed by atoms with E-state index in [4.69, 9.17) is 16.7 Å². The number of aromatic nitrogens is 2. The number of hydrogen-bond acceptors (Lipinski definition) is 2. The van der Waals surface area contributed by atoms with Crippen molar-refractivity contribution in [3.8, 4) is 0 Å². The minimum Gasteiger partial charge on any atom is -0.299 e. The molecule has 1 aliphatic rings. The maximum atomic E-state index is 13.1. The molecule has 26 heavy (non-hydrogen) atoms. The highest BCUT2D eigenvalue weighted by Crippen LogP contribution is 2.30. The smallest absolute Gasteiger partial charge is 0.137 e. The minimum atomic E-state index is -0.355. The van der Waals surface area contributed by atoms with Gasteiger partial charge in [-0.1, -0.05) is 36.9 Å². The number of rotatable bonds is 6. The van der Waals surface area contributed by atoms with Gasteiger partial charge in [-0.05, 0) is 50.8 Å². The molecular weight excluding hydrogens is 351 g/mol. The number of benzene rings is 1. The fraction of sp³-hybridized carbons (Fsp3) is 0.524. The zero-order valence-electron chi connectivity index (χ0n) is 15.5. The molecule has 0 N–H and O–H groups in total. The molecule has 0 spiro atoms. The number of carbonyl (C=O) groups excluding carboxylic acids is 1. The molecule has 5 heteroatoms. The predicted molar refractivity (Wildman–Crippen MR) is 102 cm³/mol. The SMILES string of the molecule is Cc1nn(C2CCCCC2)c(C)c1CC(=O)CCc1ccc(F)cc1Cl. The summed E-state index contributed by atoms with van der Waals surface area (Å²) in [6.07, 6.45) is 7.53. The van der Waals surface area contributed by atoms with Gasteiger partial charge in [-0.3, -0.25) is 9.48 Å². The van der Waals surface area contributed by atoms with Crippen molar-refractivity contribution in [3.63, 3.8) is 0 Å². The van der Waals surface area contributed by atoms with Crippen LogP contribution in [0.3, 0.4) is 0 Å². The van der Waals surface area contributed by atoms with Crippen LogP contribution in [0.25, 0.3) is 0 Å². The molecular formula is C21H26ClFN2O. The Labute approximate surface area is 159 Å². The van der Waals surface area contributed by atoms with Gasteiger partial charge in [0.2, 0.25) is 0 Å². The Balaban J connectivity index is 1.64. The molecule has 0 aliphatic heterocycles. The average Bonchev–Trinajstić information content (AvgIpc) is 2.90. The largest absolute Gasteiger partial charge is 0.299 e. The van der Waals surface area contributed by atoms with Gasteiger partial charge in [0.05, 0.1) is 11.7 Å². The molecule has 0 bridgehead atoms. The summed E-state index contributed by atoms with van der Waals surface area (Å²) in [6.45, 7) is 4.07. The van der Waals surface area contributed by atoms with Crippen LogP contribution < -0.4 is 0 Å². The molecule has 1 saturated carbocycles. The van der Waals surface area contributed by atoms with Crippen LogP contribution in [-0.4, -0.2) is 15.6 Å². The maximum Gasteiger partial charge on any atom is 0.137 e. The molecule has 0 unspecified atom stereocenters. The lowest BCUT2D eigenvalue weighted by molar-refractivity contribution is -0.118. The first-order valence-electron chi connectivity index (χ1n) is 9.46. The van der Waals surface area contributed by atoms with Crippen LogP contribution in [0.15, 0.2) is 18.2 Å². The Morgan fingerprint density at radius 2 is 2.00 bits per heavy atom. The van der Waals surface area contributed by atoms with E-state index >= 15 is 0 Å². The van der Waals surface area contributed by atoms with Gasteiger partial charge in [0, 0.05) is 29.1 Å². The van der Waals surface area contributed by atoms with Crippen LogP contribution in [0.4, 0.5) is 4.39 Å². The third-order valence-electron chi connectivity index (χ3n) is 5.46. The van der Waals surface area contributed by atoms with Crippen LogP contribution in [0.1, 0.15) is 67.1 Å². The second-order valence-electron chi connectivity index (χ2n) is 7.34. The highest BCUT2D eigenvalue weighted by Gasteiger charge is 2.22. The van der Waals surface area contributed by atoms with E-state index in [-0.39, 0.29) is 11.6 Å². The number of aryl methyl sites for hydroxylation is 2. The van der Waals surface area contributed by atoms with Crippen LogP contribution in [0.5, 0.6) is 0 Å². The predicted octanol–water partition coefficient (Wildman–Crippen LogP) is 5.54. The number of Topliss-reactive ketones (excluding diaryl/α,β-unsaturated/α-hetero) is 1. The van der Waals surface area contributed by atoms with Crippen molar-refractivity contribution in [1.29, 1.82) is 0 Å². The van der Waals surface area contributed by atoms with Crippen LogP contribution >= 0.6 is 11.6 Å². The summed E-state index contributed by atoms with van der Waals surface area (Å²) in [4.78, 5) is 12.5. The molecule has 3 nitrogen and oxygen atoms in total. The zero-order chi connectivity index (χ0) is 18.7. The summed E-state index contributed by atoms with van der Waals surface area (Å²) in [5.41, 5.74) is 3.96. The Bertz CT molecular complexity index is 794.